The molecule has 0 atom stereocenters. The third-order valence-corrected chi connectivity index (χ3v) is 6.00. The number of oxime groups is 1. The summed E-state index contributed by atoms with van der Waals surface area (Å²) in [4.78, 5) is 0.736. The Bertz CT molecular complexity index is 1110. The molecule has 0 amide bonds. The summed E-state index contributed by atoms with van der Waals surface area (Å²) in [7, 11) is -3.98. The first-order chi connectivity index (χ1) is 12.9. The zero-order valence-corrected chi connectivity index (χ0v) is 16.3. The van der Waals surface area contributed by atoms with Crippen LogP contribution in [0.4, 0.5) is 0 Å². The van der Waals surface area contributed by atoms with Gasteiger partial charge < -0.3 is 0 Å². The minimum Gasteiger partial charge on any atom is -0.264 e. The number of aryl methyl sites for hydroxylation is 2. The zero-order chi connectivity index (χ0) is 19.4. The van der Waals surface area contributed by atoms with Gasteiger partial charge in [-0.2, -0.15) is 13.7 Å². The van der Waals surface area contributed by atoms with Crippen LogP contribution in [0.25, 0.3) is 5.57 Å². The van der Waals surface area contributed by atoms with Crippen molar-refractivity contribution in [3.63, 3.8) is 0 Å². The topological polar surface area (TPSA) is 79.5 Å². The number of nitrogens with zero attached hydrogens (tertiary/aromatic N) is 2. The van der Waals surface area contributed by atoms with E-state index < -0.39 is 10.1 Å². The molecule has 1 aliphatic rings. The van der Waals surface area contributed by atoms with Crippen LogP contribution >= 0.6 is 11.8 Å². The fourth-order valence-electron chi connectivity index (χ4n) is 2.45. The van der Waals surface area contributed by atoms with Crippen LogP contribution in [-0.4, -0.2) is 13.5 Å². The van der Waals surface area contributed by atoms with E-state index in [1.165, 1.54) is 23.9 Å². The molecular formula is C20H16N2O3S2. The van der Waals surface area contributed by atoms with Gasteiger partial charge in [0.05, 0.1) is 5.57 Å². The third kappa shape index (κ3) is 4.30. The zero-order valence-electron chi connectivity index (χ0n) is 14.7. The average Bonchev–Trinajstić information content (AvgIpc) is 3.11. The molecule has 3 rings (SSSR count). The second-order valence-electron chi connectivity index (χ2n) is 5.87. The van der Waals surface area contributed by atoms with E-state index in [0.717, 1.165) is 16.7 Å². The van der Waals surface area contributed by atoms with Crippen LogP contribution in [0, 0.1) is 25.2 Å². The summed E-state index contributed by atoms with van der Waals surface area (Å²) in [6, 6.07) is 16.1. The molecule has 0 bridgehead atoms. The number of rotatable bonds is 4. The van der Waals surface area contributed by atoms with Gasteiger partial charge in [-0.1, -0.05) is 58.9 Å². The normalized spacial score (nSPS) is 17.0. The van der Waals surface area contributed by atoms with Crippen molar-refractivity contribution in [1.29, 1.82) is 5.26 Å². The molecule has 0 spiro atoms. The van der Waals surface area contributed by atoms with Gasteiger partial charge in [-0.3, -0.25) is 4.28 Å². The highest BCUT2D eigenvalue weighted by atomic mass is 32.2. The molecule has 136 valence electrons. The Morgan fingerprint density at radius 2 is 1.78 bits per heavy atom. The molecule has 2 aromatic carbocycles. The van der Waals surface area contributed by atoms with Crippen LogP contribution in [-0.2, 0) is 14.4 Å². The number of thioether (sulfide) groups is 1. The Hall–Kier alpha value is -2.82. The molecule has 1 aliphatic heterocycles. The van der Waals surface area contributed by atoms with E-state index >= 15 is 0 Å². The molecule has 0 saturated heterocycles. The van der Waals surface area contributed by atoms with Crippen molar-refractivity contribution >= 4 is 32.5 Å². The van der Waals surface area contributed by atoms with Gasteiger partial charge in [-0.15, -0.1) is 0 Å². The summed E-state index contributed by atoms with van der Waals surface area (Å²) in [6.45, 7) is 3.80. The molecule has 7 heteroatoms. The molecule has 0 radical (unpaired) electrons. The van der Waals surface area contributed by atoms with Gasteiger partial charge in [-0.05, 0) is 49.3 Å². The van der Waals surface area contributed by atoms with Crippen LogP contribution < -0.4 is 0 Å². The minimum atomic E-state index is -3.98. The molecule has 5 nitrogen and oxygen atoms in total. The molecule has 2 aromatic rings. The highest BCUT2D eigenvalue weighted by molar-refractivity contribution is 8.18. The third-order valence-electron chi connectivity index (χ3n) is 3.90. The Labute approximate surface area is 162 Å². The fraction of sp³-hybridized carbons (Fsp3) is 0.100. The summed E-state index contributed by atoms with van der Waals surface area (Å²) in [6.07, 6.45) is 3.36. The van der Waals surface area contributed by atoms with Gasteiger partial charge in [0, 0.05) is 4.91 Å². The first-order valence-electron chi connectivity index (χ1n) is 8.05. The van der Waals surface area contributed by atoms with Gasteiger partial charge in [0.2, 0.25) is 0 Å². The quantitative estimate of drug-likeness (QED) is 0.559. The molecule has 0 aliphatic carbocycles. The maximum atomic E-state index is 12.2. The van der Waals surface area contributed by atoms with Gasteiger partial charge in [-0.25, -0.2) is 0 Å². The summed E-state index contributed by atoms with van der Waals surface area (Å²) in [5, 5.41) is 13.7. The Morgan fingerprint density at radius 3 is 2.44 bits per heavy atom. The van der Waals surface area contributed by atoms with Gasteiger partial charge in [0.25, 0.3) is 0 Å². The molecule has 0 N–H and O–H groups in total. The lowest BCUT2D eigenvalue weighted by atomic mass is 10.0. The van der Waals surface area contributed by atoms with Crippen LogP contribution in [0.5, 0.6) is 0 Å². The van der Waals surface area contributed by atoms with Gasteiger partial charge >= 0.3 is 10.1 Å². The highest BCUT2D eigenvalue weighted by Gasteiger charge is 2.19. The number of benzene rings is 2. The van der Waals surface area contributed by atoms with Crippen molar-refractivity contribution in [2.24, 2.45) is 5.16 Å². The van der Waals surface area contributed by atoms with Crippen molar-refractivity contribution in [2.45, 2.75) is 18.7 Å². The van der Waals surface area contributed by atoms with E-state index in [-0.39, 0.29) is 4.90 Å². The predicted molar refractivity (Wildman–Crippen MR) is 107 cm³/mol. The van der Waals surface area contributed by atoms with Crippen molar-refractivity contribution in [3.8, 4) is 6.07 Å². The summed E-state index contributed by atoms with van der Waals surface area (Å²) < 4.78 is 29.2. The lowest BCUT2D eigenvalue weighted by Gasteiger charge is -2.06. The van der Waals surface area contributed by atoms with Crippen LogP contribution in [0.1, 0.15) is 16.7 Å². The summed E-state index contributed by atoms with van der Waals surface area (Å²) in [5.74, 6) is 0. The van der Waals surface area contributed by atoms with E-state index in [4.69, 9.17) is 4.28 Å². The lowest BCUT2D eigenvalue weighted by Crippen LogP contribution is -2.03. The number of hydrogen-bond acceptors (Lipinski definition) is 6. The van der Waals surface area contributed by atoms with Gasteiger partial charge in [0.1, 0.15) is 16.0 Å². The average molecular weight is 396 g/mol. The highest BCUT2D eigenvalue weighted by Crippen LogP contribution is 2.35. The smallest absolute Gasteiger partial charge is 0.264 e. The van der Waals surface area contributed by atoms with Crippen LogP contribution in [0.15, 0.2) is 75.6 Å². The maximum absolute atomic E-state index is 12.2. The molecule has 0 unspecified atom stereocenters. The Morgan fingerprint density at radius 1 is 1.07 bits per heavy atom. The number of hydrogen-bond donors (Lipinski definition) is 0. The van der Waals surface area contributed by atoms with E-state index in [9.17, 15) is 13.7 Å². The van der Waals surface area contributed by atoms with E-state index in [2.05, 4.69) is 11.2 Å². The Balaban J connectivity index is 1.82. The maximum Gasteiger partial charge on any atom is 0.358 e. The number of allylic oxidation sites excluding steroid dienone is 2. The van der Waals surface area contributed by atoms with Crippen molar-refractivity contribution in [1.82, 2.24) is 0 Å². The minimum absolute atomic E-state index is 0.0396. The first kappa shape index (κ1) is 19.0. The Kier molecular flexibility index (Phi) is 5.49. The SMILES string of the molecule is Cc1ccc(S(=O)(=O)ON=C2C=CC(=C(C#N)c3ccccc3C)S2)cc1. The second kappa shape index (κ2) is 7.82. The standard InChI is InChI=1S/C20H16N2O3S2/c1-14-7-9-16(10-8-14)27(23,24)25-22-20-12-11-19(26-20)18(13-21)17-6-4-3-5-15(17)2/h3-12H,1-2H3. The van der Waals surface area contributed by atoms with Crippen LogP contribution in [0.2, 0.25) is 0 Å². The molecule has 27 heavy (non-hydrogen) atoms. The molecule has 1 heterocycles. The summed E-state index contributed by atoms with van der Waals surface area (Å²) in [5.41, 5.74) is 3.28. The van der Waals surface area contributed by atoms with Crippen molar-refractivity contribution < 1.29 is 12.7 Å². The molecular weight excluding hydrogens is 380 g/mol. The van der Waals surface area contributed by atoms with Crippen molar-refractivity contribution in [3.05, 3.63) is 82.3 Å². The summed E-state index contributed by atoms with van der Waals surface area (Å²) >= 11 is 1.19. The number of nitriles is 1. The molecule has 0 saturated carbocycles. The fourth-order valence-corrected chi connectivity index (χ4v) is 4.06. The predicted octanol–water partition coefficient (Wildman–Crippen LogP) is 4.56. The lowest BCUT2D eigenvalue weighted by molar-refractivity contribution is 0.340. The van der Waals surface area contributed by atoms with Crippen LogP contribution in [0.3, 0.4) is 0 Å². The molecule has 0 aromatic heterocycles. The van der Waals surface area contributed by atoms with Gasteiger partial charge in [0.15, 0.2) is 0 Å². The largest absolute Gasteiger partial charge is 0.358 e. The van der Waals surface area contributed by atoms with Crippen molar-refractivity contribution in [2.75, 3.05) is 0 Å². The molecule has 0 fully saturated rings. The monoisotopic (exact) mass is 396 g/mol. The van der Waals surface area contributed by atoms with E-state index in [1.54, 1.807) is 24.3 Å². The second-order valence-corrected chi connectivity index (χ2v) is 8.46. The first-order valence-corrected chi connectivity index (χ1v) is 10.3. The van der Waals surface area contributed by atoms with E-state index in [0.29, 0.717) is 15.5 Å². The van der Waals surface area contributed by atoms with E-state index in [1.807, 2.05) is 38.1 Å².